The van der Waals surface area contributed by atoms with Crippen LogP contribution in [-0.2, 0) is 18.2 Å². The molecule has 1 aromatic heterocycles. The van der Waals surface area contributed by atoms with Gasteiger partial charge in [0.15, 0.2) is 0 Å². The highest BCUT2D eigenvalue weighted by Gasteiger charge is 2.01. The summed E-state index contributed by atoms with van der Waals surface area (Å²) in [5, 5.41) is 2.69. The van der Waals surface area contributed by atoms with E-state index in [1.807, 2.05) is 17.8 Å². The summed E-state index contributed by atoms with van der Waals surface area (Å²) in [4.78, 5) is 15.3. The van der Waals surface area contributed by atoms with Gasteiger partial charge in [0, 0.05) is 26.2 Å². The Bertz CT molecular complexity index is 323. The molecule has 0 unspecified atom stereocenters. The highest BCUT2D eigenvalue weighted by molar-refractivity contribution is 5.67. The van der Waals surface area contributed by atoms with E-state index in [0.29, 0.717) is 13.2 Å². The molecule has 1 N–H and O–H groups in total. The molecular weight excluding hydrogens is 206 g/mol. The van der Waals surface area contributed by atoms with E-state index in [0.717, 1.165) is 25.0 Å². The lowest BCUT2D eigenvalue weighted by atomic mass is 10.3. The van der Waals surface area contributed by atoms with Gasteiger partial charge in [-0.25, -0.2) is 9.78 Å². The van der Waals surface area contributed by atoms with Crippen LogP contribution in [-0.4, -0.2) is 28.8 Å². The van der Waals surface area contributed by atoms with Gasteiger partial charge in [0.2, 0.25) is 0 Å². The van der Waals surface area contributed by atoms with Gasteiger partial charge in [-0.3, -0.25) is 0 Å². The van der Waals surface area contributed by atoms with Crippen molar-refractivity contribution >= 4 is 6.09 Å². The summed E-state index contributed by atoms with van der Waals surface area (Å²) >= 11 is 0. The first-order valence-corrected chi connectivity index (χ1v) is 5.60. The lowest BCUT2D eigenvalue weighted by Gasteiger charge is -2.05. The Morgan fingerprint density at radius 1 is 1.62 bits per heavy atom. The van der Waals surface area contributed by atoms with Crippen LogP contribution in [0.1, 0.15) is 25.5 Å². The summed E-state index contributed by atoms with van der Waals surface area (Å²) in [6, 6.07) is 0. The fraction of sp³-hybridized carbons (Fsp3) is 0.636. The average molecular weight is 225 g/mol. The summed E-state index contributed by atoms with van der Waals surface area (Å²) < 4.78 is 6.83. The molecule has 0 spiro atoms. The molecular formula is C11H19N3O2. The molecule has 0 fully saturated rings. The molecule has 1 aromatic rings. The van der Waals surface area contributed by atoms with Gasteiger partial charge < -0.3 is 14.6 Å². The molecule has 1 amide bonds. The van der Waals surface area contributed by atoms with Gasteiger partial charge in [-0.05, 0) is 6.42 Å². The summed E-state index contributed by atoms with van der Waals surface area (Å²) in [6.45, 7) is 3.11. The second-order valence-electron chi connectivity index (χ2n) is 3.70. The molecule has 0 bridgehead atoms. The Balaban J connectivity index is 2.08. The normalized spacial score (nSPS) is 10.1. The molecule has 16 heavy (non-hydrogen) atoms. The number of rotatable bonds is 6. The summed E-state index contributed by atoms with van der Waals surface area (Å²) in [6.07, 6.45) is 6.00. The minimum Gasteiger partial charge on any atom is -0.450 e. The fourth-order valence-electron chi connectivity index (χ4n) is 1.25. The third-order valence-corrected chi connectivity index (χ3v) is 2.14. The molecule has 0 radical (unpaired) electrons. The minimum absolute atomic E-state index is 0.343. The van der Waals surface area contributed by atoms with E-state index in [-0.39, 0.29) is 6.09 Å². The molecule has 5 nitrogen and oxygen atoms in total. The lowest BCUT2D eigenvalue weighted by Crippen LogP contribution is -2.26. The number of nitrogens with one attached hydrogen (secondary N) is 1. The first-order chi connectivity index (χ1) is 7.72. The lowest BCUT2D eigenvalue weighted by molar-refractivity contribution is 0.144. The monoisotopic (exact) mass is 225 g/mol. The number of aromatic nitrogens is 2. The van der Waals surface area contributed by atoms with Gasteiger partial charge in [0.1, 0.15) is 0 Å². The Morgan fingerprint density at radius 3 is 3.06 bits per heavy atom. The summed E-state index contributed by atoms with van der Waals surface area (Å²) in [5.41, 5.74) is 0.969. The maximum Gasteiger partial charge on any atom is 0.407 e. The van der Waals surface area contributed by atoms with E-state index in [4.69, 9.17) is 4.74 Å². The first kappa shape index (κ1) is 12.5. The molecule has 0 saturated carbocycles. The van der Waals surface area contributed by atoms with Gasteiger partial charge in [-0.15, -0.1) is 0 Å². The zero-order valence-corrected chi connectivity index (χ0v) is 9.90. The number of nitrogens with zero attached hydrogens (tertiary/aromatic N) is 2. The first-order valence-electron chi connectivity index (χ1n) is 5.60. The van der Waals surface area contributed by atoms with Crippen molar-refractivity contribution in [2.45, 2.75) is 26.2 Å². The van der Waals surface area contributed by atoms with E-state index in [1.54, 1.807) is 6.33 Å². The number of ether oxygens (including phenoxy) is 1. The second kappa shape index (κ2) is 6.87. The minimum atomic E-state index is -0.343. The molecule has 90 valence electrons. The van der Waals surface area contributed by atoms with Crippen LogP contribution in [0.15, 0.2) is 12.5 Å². The van der Waals surface area contributed by atoms with Gasteiger partial charge in [-0.2, -0.15) is 0 Å². The molecule has 0 aliphatic heterocycles. The number of unbranched alkanes of at least 4 members (excludes halogenated alkanes) is 1. The Hall–Kier alpha value is -1.52. The van der Waals surface area contributed by atoms with E-state index >= 15 is 0 Å². The highest BCUT2D eigenvalue weighted by atomic mass is 16.5. The molecule has 0 aromatic carbocycles. The van der Waals surface area contributed by atoms with Crippen LogP contribution < -0.4 is 5.32 Å². The number of carbonyl (C=O) groups excluding carboxylic acids is 1. The Labute approximate surface area is 95.8 Å². The SMILES string of the molecule is CCCCOC(=O)NCCc1cn(C)cn1. The van der Waals surface area contributed by atoms with Crippen molar-refractivity contribution in [2.75, 3.05) is 13.2 Å². The maximum absolute atomic E-state index is 11.2. The number of aryl methyl sites for hydroxylation is 1. The predicted octanol–water partition coefficient (Wildman–Crippen LogP) is 1.49. The molecule has 0 aliphatic carbocycles. The maximum atomic E-state index is 11.2. The van der Waals surface area contributed by atoms with E-state index in [1.165, 1.54) is 0 Å². The van der Waals surface area contributed by atoms with Gasteiger partial charge >= 0.3 is 6.09 Å². The zero-order chi connectivity index (χ0) is 11.8. The molecule has 0 aliphatic rings. The molecule has 5 heteroatoms. The van der Waals surface area contributed by atoms with Crippen molar-refractivity contribution in [2.24, 2.45) is 7.05 Å². The third kappa shape index (κ3) is 4.82. The van der Waals surface area contributed by atoms with Crippen molar-refractivity contribution in [3.63, 3.8) is 0 Å². The molecule has 0 saturated heterocycles. The van der Waals surface area contributed by atoms with E-state index in [9.17, 15) is 4.79 Å². The van der Waals surface area contributed by atoms with Crippen LogP contribution in [0.5, 0.6) is 0 Å². The number of imidazole rings is 1. The average Bonchev–Trinajstić information content (AvgIpc) is 2.65. The van der Waals surface area contributed by atoms with Crippen LogP contribution in [0, 0.1) is 0 Å². The number of carbonyl (C=O) groups is 1. The fourth-order valence-corrected chi connectivity index (χ4v) is 1.25. The van der Waals surface area contributed by atoms with Gasteiger partial charge in [0.25, 0.3) is 0 Å². The molecule has 0 atom stereocenters. The van der Waals surface area contributed by atoms with Crippen LogP contribution in [0.3, 0.4) is 0 Å². The van der Waals surface area contributed by atoms with E-state index < -0.39 is 0 Å². The van der Waals surface area contributed by atoms with Crippen LogP contribution >= 0.6 is 0 Å². The summed E-state index contributed by atoms with van der Waals surface area (Å²) in [7, 11) is 1.92. The van der Waals surface area contributed by atoms with Crippen molar-refractivity contribution in [3.8, 4) is 0 Å². The standard InChI is InChI=1S/C11H19N3O2/c1-3-4-7-16-11(15)12-6-5-10-8-14(2)9-13-10/h8-9H,3-7H2,1-2H3,(H,12,15). The van der Waals surface area contributed by atoms with Gasteiger partial charge in [-0.1, -0.05) is 13.3 Å². The number of amides is 1. The van der Waals surface area contributed by atoms with Crippen molar-refractivity contribution in [1.82, 2.24) is 14.9 Å². The molecule has 1 rings (SSSR count). The number of hydrogen-bond acceptors (Lipinski definition) is 3. The number of hydrogen-bond donors (Lipinski definition) is 1. The van der Waals surface area contributed by atoms with Crippen LogP contribution in [0.25, 0.3) is 0 Å². The predicted molar refractivity (Wildman–Crippen MR) is 61.2 cm³/mol. The second-order valence-corrected chi connectivity index (χ2v) is 3.70. The number of alkyl carbamates (subject to hydrolysis) is 1. The van der Waals surface area contributed by atoms with Crippen molar-refractivity contribution in [1.29, 1.82) is 0 Å². The summed E-state index contributed by atoms with van der Waals surface area (Å²) in [5.74, 6) is 0. The van der Waals surface area contributed by atoms with E-state index in [2.05, 4.69) is 17.2 Å². The quantitative estimate of drug-likeness (QED) is 0.746. The van der Waals surface area contributed by atoms with Crippen LogP contribution in [0.4, 0.5) is 4.79 Å². The topological polar surface area (TPSA) is 56.1 Å². The highest BCUT2D eigenvalue weighted by Crippen LogP contribution is 1.94. The Morgan fingerprint density at radius 2 is 2.44 bits per heavy atom. The Kier molecular flexibility index (Phi) is 5.39. The van der Waals surface area contributed by atoms with Crippen molar-refractivity contribution < 1.29 is 9.53 Å². The zero-order valence-electron chi connectivity index (χ0n) is 9.90. The largest absolute Gasteiger partial charge is 0.450 e. The van der Waals surface area contributed by atoms with Crippen molar-refractivity contribution in [3.05, 3.63) is 18.2 Å². The van der Waals surface area contributed by atoms with Gasteiger partial charge in [0.05, 0.1) is 18.6 Å². The third-order valence-electron chi connectivity index (χ3n) is 2.14. The van der Waals surface area contributed by atoms with Crippen LogP contribution in [0.2, 0.25) is 0 Å². The molecule has 1 heterocycles. The smallest absolute Gasteiger partial charge is 0.407 e.